The fraction of sp³-hybridized carbons (Fsp3) is 0.273. The average Bonchev–Trinajstić information content (AvgIpc) is 2.82. The molecule has 4 rings (SSSR count). The van der Waals surface area contributed by atoms with E-state index in [9.17, 15) is 22.8 Å². The number of halogens is 3. The molecule has 0 saturated carbocycles. The van der Waals surface area contributed by atoms with Crippen LogP contribution in [0.15, 0.2) is 48.5 Å². The minimum absolute atomic E-state index is 0.158. The van der Waals surface area contributed by atoms with Gasteiger partial charge in [0.05, 0.1) is 23.7 Å². The van der Waals surface area contributed by atoms with Gasteiger partial charge in [0.1, 0.15) is 0 Å². The molecule has 1 aliphatic rings. The predicted octanol–water partition coefficient (Wildman–Crippen LogP) is 3.79. The van der Waals surface area contributed by atoms with E-state index >= 15 is 0 Å². The number of rotatable bonds is 3. The lowest BCUT2D eigenvalue weighted by Crippen LogP contribution is -2.50. The molecule has 11 heteroatoms. The number of esters is 1. The van der Waals surface area contributed by atoms with Gasteiger partial charge in [0, 0.05) is 31.9 Å². The highest BCUT2D eigenvalue weighted by atomic mass is 19.4. The number of ether oxygens (including phenoxy) is 1. The Morgan fingerprint density at radius 1 is 0.970 bits per heavy atom. The number of para-hydroxylation sites is 2. The molecule has 8 nitrogen and oxygen atoms in total. The number of fused-ring (bicyclic) bond motifs is 1. The van der Waals surface area contributed by atoms with Crippen molar-refractivity contribution >= 4 is 34.5 Å². The number of hydrogen-bond donors (Lipinski definition) is 1. The summed E-state index contributed by atoms with van der Waals surface area (Å²) in [6, 6.07) is 12.2. The van der Waals surface area contributed by atoms with Crippen LogP contribution in [0.4, 0.5) is 29.5 Å². The van der Waals surface area contributed by atoms with Gasteiger partial charge >= 0.3 is 18.2 Å². The summed E-state index contributed by atoms with van der Waals surface area (Å²) < 4.78 is 45.6. The van der Waals surface area contributed by atoms with Crippen molar-refractivity contribution < 1.29 is 27.5 Å². The normalized spacial score (nSPS) is 14.3. The molecule has 1 aliphatic heterocycles. The number of piperazine rings is 1. The fourth-order valence-electron chi connectivity index (χ4n) is 3.57. The summed E-state index contributed by atoms with van der Waals surface area (Å²) in [6.07, 6.45) is -4.66. The lowest BCUT2D eigenvalue weighted by atomic mass is 10.2. The number of urea groups is 1. The molecule has 0 spiro atoms. The van der Waals surface area contributed by atoms with Crippen molar-refractivity contribution in [1.82, 2.24) is 14.9 Å². The topological polar surface area (TPSA) is 87.7 Å². The standard InChI is InChI=1S/C22H20F3N5O3/c1-33-20(31)14-5-4-6-15(13-14)26-21(32)30-11-9-29(10-12-30)19-18(22(23,24)25)27-16-7-2-3-8-17(16)28-19/h2-8,13H,9-12H2,1H3,(H,26,32). The van der Waals surface area contributed by atoms with Crippen LogP contribution in [-0.4, -0.2) is 60.2 Å². The van der Waals surface area contributed by atoms with E-state index in [0.29, 0.717) is 11.2 Å². The van der Waals surface area contributed by atoms with Crippen molar-refractivity contribution in [3.8, 4) is 0 Å². The zero-order valence-electron chi connectivity index (χ0n) is 17.6. The monoisotopic (exact) mass is 459 g/mol. The lowest BCUT2D eigenvalue weighted by Gasteiger charge is -2.36. The van der Waals surface area contributed by atoms with Gasteiger partial charge < -0.3 is 19.9 Å². The number of carbonyl (C=O) groups excluding carboxylic acids is 2. The predicted molar refractivity (Wildman–Crippen MR) is 115 cm³/mol. The van der Waals surface area contributed by atoms with Crippen LogP contribution in [0.1, 0.15) is 16.1 Å². The Kier molecular flexibility index (Phi) is 6.03. The summed E-state index contributed by atoms with van der Waals surface area (Å²) in [5.74, 6) is -0.774. The van der Waals surface area contributed by atoms with Crippen molar-refractivity contribution in [2.24, 2.45) is 0 Å². The summed E-state index contributed by atoms with van der Waals surface area (Å²) in [6.45, 7) is 0.695. The molecular formula is C22H20F3N5O3. The van der Waals surface area contributed by atoms with Crippen LogP contribution in [0.2, 0.25) is 0 Å². The number of hydrogen-bond acceptors (Lipinski definition) is 6. The molecule has 1 N–H and O–H groups in total. The number of nitrogens with zero attached hydrogens (tertiary/aromatic N) is 4. The molecule has 1 aromatic heterocycles. The minimum Gasteiger partial charge on any atom is -0.465 e. The van der Waals surface area contributed by atoms with E-state index in [-0.39, 0.29) is 43.1 Å². The van der Waals surface area contributed by atoms with E-state index in [2.05, 4.69) is 20.0 Å². The van der Waals surface area contributed by atoms with Crippen molar-refractivity contribution in [3.63, 3.8) is 0 Å². The molecule has 2 aromatic carbocycles. The molecule has 0 radical (unpaired) electrons. The molecule has 3 aromatic rings. The zero-order chi connectivity index (χ0) is 23.6. The first kappa shape index (κ1) is 22.3. The van der Waals surface area contributed by atoms with Gasteiger partial charge in [0.25, 0.3) is 0 Å². The molecule has 0 bridgehead atoms. The van der Waals surface area contributed by atoms with Crippen molar-refractivity contribution in [2.75, 3.05) is 43.5 Å². The highest BCUT2D eigenvalue weighted by molar-refractivity contribution is 5.94. The molecule has 2 heterocycles. The van der Waals surface area contributed by atoms with Gasteiger partial charge in [-0.25, -0.2) is 19.6 Å². The third kappa shape index (κ3) is 4.81. The number of benzene rings is 2. The van der Waals surface area contributed by atoms with Crippen LogP contribution in [0.3, 0.4) is 0 Å². The minimum atomic E-state index is -4.66. The molecule has 172 valence electrons. The smallest absolute Gasteiger partial charge is 0.437 e. The Morgan fingerprint density at radius 2 is 1.64 bits per heavy atom. The van der Waals surface area contributed by atoms with E-state index in [4.69, 9.17) is 0 Å². The number of methoxy groups -OCH3 is 1. The van der Waals surface area contributed by atoms with E-state index in [1.165, 1.54) is 29.0 Å². The maximum Gasteiger partial charge on any atom is 0.437 e. The summed E-state index contributed by atoms with van der Waals surface area (Å²) >= 11 is 0. The van der Waals surface area contributed by atoms with E-state index in [1.54, 1.807) is 36.4 Å². The summed E-state index contributed by atoms with van der Waals surface area (Å²) in [5, 5.41) is 2.70. The molecule has 1 fully saturated rings. The Balaban J connectivity index is 1.47. The van der Waals surface area contributed by atoms with Crippen LogP contribution in [0, 0.1) is 0 Å². The molecule has 0 aliphatic carbocycles. The van der Waals surface area contributed by atoms with Crippen LogP contribution in [-0.2, 0) is 10.9 Å². The highest BCUT2D eigenvalue weighted by Crippen LogP contribution is 2.35. The lowest BCUT2D eigenvalue weighted by molar-refractivity contribution is -0.140. The van der Waals surface area contributed by atoms with Gasteiger partial charge in [-0.2, -0.15) is 13.2 Å². The molecular weight excluding hydrogens is 439 g/mol. The quantitative estimate of drug-likeness (QED) is 0.600. The first-order valence-corrected chi connectivity index (χ1v) is 10.1. The van der Waals surface area contributed by atoms with E-state index < -0.39 is 23.9 Å². The van der Waals surface area contributed by atoms with Gasteiger partial charge in [0.2, 0.25) is 0 Å². The largest absolute Gasteiger partial charge is 0.465 e. The Labute approximate surface area is 187 Å². The highest BCUT2D eigenvalue weighted by Gasteiger charge is 2.39. The van der Waals surface area contributed by atoms with Crippen LogP contribution >= 0.6 is 0 Å². The second kappa shape index (κ2) is 8.93. The number of nitrogens with one attached hydrogen (secondary N) is 1. The number of anilines is 2. The van der Waals surface area contributed by atoms with Gasteiger partial charge in [-0.05, 0) is 30.3 Å². The third-order valence-corrected chi connectivity index (χ3v) is 5.22. The van der Waals surface area contributed by atoms with Crippen LogP contribution in [0.5, 0.6) is 0 Å². The van der Waals surface area contributed by atoms with Gasteiger partial charge in [-0.15, -0.1) is 0 Å². The number of amides is 2. The molecule has 1 saturated heterocycles. The molecule has 33 heavy (non-hydrogen) atoms. The molecule has 0 unspecified atom stereocenters. The SMILES string of the molecule is COC(=O)c1cccc(NC(=O)N2CCN(c3nc4ccccc4nc3C(F)(F)F)CC2)c1. The third-order valence-electron chi connectivity index (χ3n) is 5.22. The summed E-state index contributed by atoms with van der Waals surface area (Å²) in [5.41, 5.74) is 0.186. The summed E-state index contributed by atoms with van der Waals surface area (Å²) in [4.78, 5) is 35.3. The van der Waals surface area contributed by atoms with E-state index in [0.717, 1.165) is 0 Å². The van der Waals surface area contributed by atoms with Gasteiger partial charge in [-0.3, -0.25) is 0 Å². The Bertz CT molecular complexity index is 1190. The first-order chi connectivity index (χ1) is 15.8. The number of alkyl halides is 3. The second-order valence-electron chi connectivity index (χ2n) is 7.36. The number of carbonyl (C=O) groups is 2. The zero-order valence-corrected chi connectivity index (χ0v) is 17.6. The molecule has 2 amide bonds. The van der Waals surface area contributed by atoms with Crippen molar-refractivity contribution in [2.45, 2.75) is 6.18 Å². The average molecular weight is 459 g/mol. The van der Waals surface area contributed by atoms with Crippen molar-refractivity contribution in [3.05, 3.63) is 59.8 Å². The van der Waals surface area contributed by atoms with E-state index in [1.807, 2.05) is 0 Å². The van der Waals surface area contributed by atoms with Gasteiger partial charge in [0.15, 0.2) is 11.5 Å². The van der Waals surface area contributed by atoms with Gasteiger partial charge in [-0.1, -0.05) is 18.2 Å². The Hall–Kier alpha value is -3.89. The van der Waals surface area contributed by atoms with Crippen molar-refractivity contribution in [1.29, 1.82) is 0 Å². The van der Waals surface area contributed by atoms with Crippen LogP contribution < -0.4 is 10.2 Å². The fourth-order valence-corrected chi connectivity index (χ4v) is 3.57. The number of aromatic nitrogens is 2. The first-order valence-electron chi connectivity index (χ1n) is 10.1. The Morgan fingerprint density at radius 3 is 2.27 bits per heavy atom. The second-order valence-corrected chi connectivity index (χ2v) is 7.36. The van der Waals surface area contributed by atoms with Crippen LogP contribution in [0.25, 0.3) is 11.0 Å². The maximum atomic E-state index is 13.7. The maximum absolute atomic E-state index is 13.7. The molecule has 0 atom stereocenters. The summed E-state index contributed by atoms with van der Waals surface area (Å²) in [7, 11) is 1.26.